The molecule has 36 heavy (non-hydrogen) atoms. The molecule has 0 atom stereocenters. The highest BCUT2D eigenvalue weighted by Crippen LogP contribution is 2.45. The Bertz CT molecular complexity index is 1250. The maximum atomic E-state index is 12.7. The SMILES string of the molecule is COc1ccc(OCc2cc(C)ccn2)c(-c2ccc3c(c2)CN(C(=O)OC(C)(C)C)CC3)c1OC. The lowest BCUT2D eigenvalue weighted by molar-refractivity contribution is 0.0224. The monoisotopic (exact) mass is 490 g/mol. The predicted octanol–water partition coefficient (Wildman–Crippen LogP) is 5.95. The number of amides is 1. The number of nitrogens with zero attached hydrogens (tertiary/aromatic N) is 2. The summed E-state index contributed by atoms with van der Waals surface area (Å²) in [5.41, 5.74) is 5.43. The fourth-order valence-corrected chi connectivity index (χ4v) is 4.33. The summed E-state index contributed by atoms with van der Waals surface area (Å²) in [6.07, 6.45) is 2.25. The van der Waals surface area contributed by atoms with Gasteiger partial charge in [0.2, 0.25) is 0 Å². The first-order valence-corrected chi connectivity index (χ1v) is 12.1. The normalized spacial score (nSPS) is 13.1. The molecule has 1 aromatic heterocycles. The molecule has 1 aliphatic heterocycles. The Hall–Kier alpha value is -3.74. The Morgan fingerprint density at radius 1 is 1.00 bits per heavy atom. The molecule has 0 fully saturated rings. The highest BCUT2D eigenvalue weighted by Gasteiger charge is 2.27. The van der Waals surface area contributed by atoms with E-state index in [-0.39, 0.29) is 6.09 Å². The highest BCUT2D eigenvalue weighted by atomic mass is 16.6. The predicted molar refractivity (Wildman–Crippen MR) is 139 cm³/mol. The number of pyridine rings is 1. The largest absolute Gasteiger partial charge is 0.493 e. The lowest BCUT2D eigenvalue weighted by Gasteiger charge is -2.31. The Kier molecular flexibility index (Phi) is 7.38. The molecule has 1 amide bonds. The molecule has 0 N–H and O–H groups in total. The number of aryl methyl sites for hydroxylation is 1. The van der Waals surface area contributed by atoms with E-state index in [0.717, 1.165) is 34.4 Å². The number of hydrogen-bond donors (Lipinski definition) is 0. The first-order valence-electron chi connectivity index (χ1n) is 12.1. The summed E-state index contributed by atoms with van der Waals surface area (Å²) >= 11 is 0. The standard InChI is InChI=1S/C29H34N2O5/c1-19-11-13-30-23(15-19)18-35-24-9-10-25(33-5)27(34-6)26(24)21-8-7-20-12-14-31(17-22(20)16-21)28(32)36-29(2,3)4/h7-11,13,15-16H,12,14,17-18H2,1-6H3. The van der Waals surface area contributed by atoms with Crippen LogP contribution in [0.2, 0.25) is 0 Å². The van der Waals surface area contributed by atoms with E-state index in [1.807, 2.05) is 52.0 Å². The van der Waals surface area contributed by atoms with E-state index < -0.39 is 5.60 Å². The first-order chi connectivity index (χ1) is 17.2. The van der Waals surface area contributed by atoms with Gasteiger partial charge in [0.25, 0.3) is 0 Å². The van der Waals surface area contributed by atoms with Crippen LogP contribution in [0.5, 0.6) is 17.2 Å². The summed E-state index contributed by atoms with van der Waals surface area (Å²) in [6.45, 7) is 9.09. The molecule has 190 valence electrons. The summed E-state index contributed by atoms with van der Waals surface area (Å²) in [4.78, 5) is 18.9. The molecule has 0 saturated heterocycles. The van der Waals surface area contributed by atoms with E-state index in [1.165, 1.54) is 5.56 Å². The van der Waals surface area contributed by atoms with Crippen molar-refractivity contribution in [2.75, 3.05) is 20.8 Å². The fraction of sp³-hybridized carbons (Fsp3) is 0.379. The molecule has 0 unspecified atom stereocenters. The number of ether oxygens (including phenoxy) is 4. The molecule has 0 spiro atoms. The summed E-state index contributed by atoms with van der Waals surface area (Å²) in [5.74, 6) is 1.87. The van der Waals surface area contributed by atoms with Gasteiger partial charge in [0.05, 0.1) is 25.5 Å². The van der Waals surface area contributed by atoms with Crippen molar-refractivity contribution in [3.8, 4) is 28.4 Å². The molecule has 3 aromatic rings. The van der Waals surface area contributed by atoms with Crippen molar-refractivity contribution in [3.63, 3.8) is 0 Å². The van der Waals surface area contributed by atoms with Gasteiger partial charge in [0.15, 0.2) is 11.5 Å². The number of benzene rings is 2. The molecule has 2 heterocycles. The van der Waals surface area contributed by atoms with Crippen LogP contribution in [0.3, 0.4) is 0 Å². The number of rotatable bonds is 6. The Morgan fingerprint density at radius 3 is 2.47 bits per heavy atom. The van der Waals surface area contributed by atoms with E-state index in [9.17, 15) is 4.79 Å². The summed E-state index contributed by atoms with van der Waals surface area (Å²) in [7, 11) is 3.24. The van der Waals surface area contributed by atoms with Gasteiger partial charge in [0, 0.05) is 19.3 Å². The van der Waals surface area contributed by atoms with Gasteiger partial charge >= 0.3 is 6.09 Å². The molecular formula is C29H34N2O5. The molecule has 0 aliphatic carbocycles. The highest BCUT2D eigenvalue weighted by molar-refractivity contribution is 5.80. The van der Waals surface area contributed by atoms with E-state index in [0.29, 0.717) is 36.9 Å². The van der Waals surface area contributed by atoms with Gasteiger partial charge in [-0.1, -0.05) is 12.1 Å². The average Bonchev–Trinajstić information content (AvgIpc) is 2.85. The minimum Gasteiger partial charge on any atom is -0.493 e. The van der Waals surface area contributed by atoms with Gasteiger partial charge in [-0.3, -0.25) is 4.98 Å². The van der Waals surface area contributed by atoms with Crippen molar-refractivity contribution >= 4 is 6.09 Å². The zero-order chi connectivity index (χ0) is 25.9. The fourth-order valence-electron chi connectivity index (χ4n) is 4.33. The average molecular weight is 491 g/mol. The number of hydrogen-bond acceptors (Lipinski definition) is 6. The maximum Gasteiger partial charge on any atom is 0.410 e. The number of aromatic nitrogens is 1. The molecule has 0 bridgehead atoms. The Labute approximate surface area is 213 Å². The molecule has 1 aliphatic rings. The van der Waals surface area contributed by atoms with Crippen LogP contribution >= 0.6 is 0 Å². The van der Waals surface area contributed by atoms with Gasteiger partial charge in [-0.15, -0.1) is 0 Å². The zero-order valence-electron chi connectivity index (χ0n) is 21.9. The summed E-state index contributed by atoms with van der Waals surface area (Å²) < 4.78 is 23.2. The third-order valence-electron chi connectivity index (χ3n) is 6.01. The van der Waals surface area contributed by atoms with Crippen LogP contribution in [0.1, 0.15) is 43.2 Å². The number of carbonyl (C=O) groups is 1. The van der Waals surface area contributed by atoms with E-state index in [1.54, 1.807) is 25.3 Å². The molecule has 2 aromatic carbocycles. The van der Waals surface area contributed by atoms with Crippen LogP contribution in [0.25, 0.3) is 11.1 Å². The topological polar surface area (TPSA) is 70.1 Å². The number of carbonyl (C=O) groups excluding carboxylic acids is 1. The van der Waals surface area contributed by atoms with Crippen LogP contribution in [-0.2, 0) is 24.3 Å². The number of fused-ring (bicyclic) bond motifs is 1. The molecule has 0 saturated carbocycles. The van der Waals surface area contributed by atoms with Crippen molar-refractivity contribution < 1.29 is 23.7 Å². The molecule has 4 rings (SSSR count). The quantitative estimate of drug-likeness (QED) is 0.426. The lowest BCUT2D eigenvalue weighted by atomic mass is 9.94. The maximum absolute atomic E-state index is 12.7. The molecule has 0 radical (unpaired) electrons. The van der Waals surface area contributed by atoms with Crippen LogP contribution in [0, 0.1) is 6.92 Å². The molecular weight excluding hydrogens is 456 g/mol. The van der Waals surface area contributed by atoms with Gasteiger partial charge in [-0.25, -0.2) is 4.79 Å². The minimum absolute atomic E-state index is 0.299. The van der Waals surface area contributed by atoms with Crippen molar-refractivity contribution in [3.05, 3.63) is 71.0 Å². The zero-order valence-corrected chi connectivity index (χ0v) is 21.9. The van der Waals surface area contributed by atoms with Gasteiger partial charge in [-0.2, -0.15) is 0 Å². The van der Waals surface area contributed by atoms with Crippen molar-refractivity contribution in [1.29, 1.82) is 0 Å². The van der Waals surface area contributed by atoms with Crippen molar-refractivity contribution in [2.45, 2.75) is 52.9 Å². The minimum atomic E-state index is -0.536. The second-order valence-corrected chi connectivity index (χ2v) is 9.92. The van der Waals surface area contributed by atoms with E-state index >= 15 is 0 Å². The third-order valence-corrected chi connectivity index (χ3v) is 6.01. The Morgan fingerprint density at radius 2 is 1.78 bits per heavy atom. The third kappa shape index (κ3) is 5.73. The lowest BCUT2D eigenvalue weighted by Crippen LogP contribution is -2.39. The first kappa shape index (κ1) is 25.4. The van der Waals surface area contributed by atoms with E-state index in [2.05, 4.69) is 23.2 Å². The van der Waals surface area contributed by atoms with Crippen LogP contribution in [0.15, 0.2) is 48.7 Å². The molecule has 7 heteroatoms. The number of methoxy groups -OCH3 is 2. The molecule has 7 nitrogen and oxygen atoms in total. The van der Waals surface area contributed by atoms with Gasteiger partial charge in [0.1, 0.15) is 18.0 Å². The van der Waals surface area contributed by atoms with Crippen LogP contribution in [0.4, 0.5) is 4.79 Å². The Balaban J connectivity index is 1.68. The second kappa shape index (κ2) is 10.5. The summed E-state index contributed by atoms with van der Waals surface area (Å²) in [6, 6.07) is 14.0. The van der Waals surface area contributed by atoms with Crippen LogP contribution < -0.4 is 14.2 Å². The summed E-state index contributed by atoms with van der Waals surface area (Å²) in [5, 5.41) is 0. The smallest absolute Gasteiger partial charge is 0.410 e. The van der Waals surface area contributed by atoms with E-state index in [4.69, 9.17) is 18.9 Å². The van der Waals surface area contributed by atoms with Crippen molar-refractivity contribution in [2.24, 2.45) is 0 Å². The van der Waals surface area contributed by atoms with Gasteiger partial charge < -0.3 is 23.8 Å². The van der Waals surface area contributed by atoms with Crippen LogP contribution in [-0.4, -0.2) is 42.3 Å². The van der Waals surface area contributed by atoms with Gasteiger partial charge in [-0.05, 0) is 86.7 Å². The second-order valence-electron chi connectivity index (χ2n) is 9.92. The van der Waals surface area contributed by atoms with Crippen molar-refractivity contribution in [1.82, 2.24) is 9.88 Å².